The van der Waals surface area contributed by atoms with Gasteiger partial charge in [0.1, 0.15) is 5.75 Å². The zero-order valence-electron chi connectivity index (χ0n) is 10.3. The summed E-state index contributed by atoms with van der Waals surface area (Å²) >= 11 is 0. The Kier molecular flexibility index (Phi) is 3.76. The van der Waals surface area contributed by atoms with Crippen molar-refractivity contribution < 1.29 is 19.9 Å². The molecule has 0 spiro atoms. The third kappa shape index (κ3) is 2.50. The first-order valence-corrected chi connectivity index (χ1v) is 5.75. The van der Waals surface area contributed by atoms with Gasteiger partial charge in [0, 0.05) is 17.2 Å². The number of aliphatic hydroxyl groups is 1. The third-order valence-corrected chi connectivity index (χ3v) is 2.86. The molecule has 0 radical (unpaired) electrons. The number of aliphatic hydroxyl groups excluding tert-OH is 1. The molecule has 0 unspecified atom stereocenters. The number of nitro groups is 1. The molecular weight excluding hydrogens is 262 g/mol. The number of carbonyl (C=O) groups excluding carboxylic acids is 1. The Morgan fingerprint density at radius 1 is 1.15 bits per heavy atom. The van der Waals surface area contributed by atoms with Crippen LogP contribution >= 0.6 is 0 Å². The molecule has 0 aliphatic rings. The zero-order valence-corrected chi connectivity index (χ0v) is 10.3. The van der Waals surface area contributed by atoms with Gasteiger partial charge in [-0.25, -0.2) is 0 Å². The number of ketones is 1. The molecule has 0 amide bonds. The summed E-state index contributed by atoms with van der Waals surface area (Å²) < 4.78 is 0. The highest BCUT2D eigenvalue weighted by atomic mass is 16.6. The number of hydrogen-bond donors (Lipinski definition) is 2. The van der Waals surface area contributed by atoms with Gasteiger partial charge in [0.25, 0.3) is 5.69 Å². The summed E-state index contributed by atoms with van der Waals surface area (Å²) in [6, 6.07) is 10.4. The Balaban J connectivity index is 2.54. The fourth-order valence-corrected chi connectivity index (χ4v) is 1.85. The highest BCUT2D eigenvalue weighted by molar-refractivity contribution is 6.09. The standard InChI is InChI=1S/C14H11NO5/c16-8-11-12(15(19)20)6-10(7-13(11)17)14(18)9-4-2-1-3-5-9/h1-7,16-17H,8H2. The Morgan fingerprint density at radius 3 is 2.35 bits per heavy atom. The maximum Gasteiger partial charge on any atom is 0.279 e. The number of phenols is 1. The Bertz CT molecular complexity index is 667. The maximum absolute atomic E-state index is 12.2. The second-order valence-electron chi connectivity index (χ2n) is 4.10. The highest BCUT2D eigenvalue weighted by Gasteiger charge is 2.21. The summed E-state index contributed by atoms with van der Waals surface area (Å²) in [5.41, 5.74) is -0.332. The number of carbonyl (C=O) groups is 1. The average molecular weight is 273 g/mol. The van der Waals surface area contributed by atoms with Gasteiger partial charge in [0.2, 0.25) is 0 Å². The van der Waals surface area contributed by atoms with Crippen molar-refractivity contribution in [3.05, 3.63) is 69.3 Å². The van der Waals surface area contributed by atoms with Gasteiger partial charge < -0.3 is 10.2 Å². The number of hydrogen-bond acceptors (Lipinski definition) is 5. The Hall–Kier alpha value is -2.73. The monoisotopic (exact) mass is 273 g/mol. The van der Waals surface area contributed by atoms with Crippen molar-refractivity contribution in [1.29, 1.82) is 0 Å². The van der Waals surface area contributed by atoms with E-state index >= 15 is 0 Å². The van der Waals surface area contributed by atoms with Crippen LogP contribution in [0.15, 0.2) is 42.5 Å². The van der Waals surface area contributed by atoms with Gasteiger partial charge >= 0.3 is 0 Å². The van der Waals surface area contributed by atoms with Crippen LogP contribution in [0.1, 0.15) is 21.5 Å². The molecule has 0 aliphatic heterocycles. The number of nitro benzene ring substituents is 1. The molecule has 2 N–H and O–H groups in total. The SMILES string of the molecule is O=C(c1ccccc1)c1cc(O)c(CO)c([N+](=O)[O-])c1. The average Bonchev–Trinajstić information content (AvgIpc) is 2.46. The smallest absolute Gasteiger partial charge is 0.279 e. The van der Waals surface area contributed by atoms with Gasteiger partial charge in [-0.3, -0.25) is 14.9 Å². The van der Waals surface area contributed by atoms with Gasteiger partial charge in [-0.2, -0.15) is 0 Å². The molecule has 2 rings (SSSR count). The van der Waals surface area contributed by atoms with Gasteiger partial charge in [-0.1, -0.05) is 30.3 Å². The summed E-state index contributed by atoms with van der Waals surface area (Å²) in [4.78, 5) is 22.3. The fourth-order valence-electron chi connectivity index (χ4n) is 1.85. The predicted molar refractivity (Wildman–Crippen MR) is 70.6 cm³/mol. The molecule has 0 saturated carbocycles. The molecule has 6 nitrogen and oxygen atoms in total. The molecule has 102 valence electrons. The van der Waals surface area contributed by atoms with E-state index in [-0.39, 0.29) is 11.1 Å². The molecule has 0 heterocycles. The van der Waals surface area contributed by atoms with Crippen molar-refractivity contribution in [2.45, 2.75) is 6.61 Å². The minimum atomic E-state index is -0.743. The highest BCUT2D eigenvalue weighted by Crippen LogP contribution is 2.30. The summed E-state index contributed by atoms with van der Waals surface area (Å²) in [6.45, 7) is -0.679. The summed E-state index contributed by atoms with van der Waals surface area (Å²) in [7, 11) is 0. The lowest BCUT2D eigenvalue weighted by Crippen LogP contribution is -2.04. The van der Waals surface area contributed by atoms with Gasteiger partial charge in [-0.05, 0) is 6.07 Å². The third-order valence-electron chi connectivity index (χ3n) is 2.86. The quantitative estimate of drug-likeness (QED) is 0.504. The van der Waals surface area contributed by atoms with E-state index in [1.807, 2.05) is 0 Å². The molecule has 0 aromatic heterocycles. The van der Waals surface area contributed by atoms with E-state index in [1.165, 1.54) is 0 Å². The number of rotatable bonds is 4. The number of aromatic hydroxyl groups is 1. The van der Waals surface area contributed by atoms with Crippen molar-refractivity contribution in [2.75, 3.05) is 0 Å². The van der Waals surface area contributed by atoms with Gasteiger partial charge in [-0.15, -0.1) is 0 Å². The molecule has 6 heteroatoms. The van der Waals surface area contributed by atoms with Crippen molar-refractivity contribution in [3.8, 4) is 5.75 Å². The number of nitrogens with zero attached hydrogens (tertiary/aromatic N) is 1. The van der Waals surface area contributed by atoms with Crippen molar-refractivity contribution in [3.63, 3.8) is 0 Å². The molecule has 20 heavy (non-hydrogen) atoms. The lowest BCUT2D eigenvalue weighted by Gasteiger charge is -2.06. The van der Waals surface area contributed by atoms with E-state index < -0.39 is 28.8 Å². The normalized spacial score (nSPS) is 10.2. The molecular formula is C14H11NO5. The Morgan fingerprint density at radius 2 is 1.80 bits per heavy atom. The number of benzene rings is 2. The molecule has 2 aromatic carbocycles. The van der Waals surface area contributed by atoms with Crippen LogP contribution in [0, 0.1) is 10.1 Å². The van der Waals surface area contributed by atoms with E-state index in [1.54, 1.807) is 30.3 Å². The first kappa shape index (κ1) is 13.7. The maximum atomic E-state index is 12.2. The van der Waals surface area contributed by atoms with Crippen LogP contribution in [0.2, 0.25) is 0 Å². The first-order valence-electron chi connectivity index (χ1n) is 5.75. The van der Waals surface area contributed by atoms with E-state index in [2.05, 4.69) is 0 Å². The topological polar surface area (TPSA) is 101 Å². The van der Waals surface area contributed by atoms with Crippen LogP contribution in [-0.2, 0) is 6.61 Å². The van der Waals surface area contributed by atoms with E-state index in [0.29, 0.717) is 5.56 Å². The van der Waals surface area contributed by atoms with Crippen LogP contribution in [0.5, 0.6) is 5.75 Å². The van der Waals surface area contributed by atoms with Crippen LogP contribution in [0.3, 0.4) is 0 Å². The van der Waals surface area contributed by atoms with Crippen LogP contribution < -0.4 is 0 Å². The largest absolute Gasteiger partial charge is 0.507 e. The minimum absolute atomic E-state index is 0.00222. The molecule has 0 bridgehead atoms. The van der Waals surface area contributed by atoms with Crippen molar-refractivity contribution >= 4 is 11.5 Å². The van der Waals surface area contributed by atoms with Gasteiger partial charge in [0.15, 0.2) is 5.78 Å². The lowest BCUT2D eigenvalue weighted by molar-refractivity contribution is -0.386. The van der Waals surface area contributed by atoms with Crippen LogP contribution in [0.25, 0.3) is 0 Å². The zero-order chi connectivity index (χ0) is 14.7. The predicted octanol–water partition coefficient (Wildman–Crippen LogP) is 2.02. The lowest BCUT2D eigenvalue weighted by atomic mass is 10.0. The fraction of sp³-hybridized carbons (Fsp3) is 0.0714. The van der Waals surface area contributed by atoms with Gasteiger partial charge in [0.05, 0.1) is 17.1 Å². The Labute approximate surface area is 114 Å². The van der Waals surface area contributed by atoms with Crippen molar-refractivity contribution in [2.24, 2.45) is 0 Å². The summed E-state index contributed by atoms with van der Waals surface area (Å²) in [5, 5.41) is 29.7. The molecule has 0 aliphatic carbocycles. The first-order chi connectivity index (χ1) is 9.54. The van der Waals surface area contributed by atoms with E-state index in [0.717, 1.165) is 12.1 Å². The molecule has 0 atom stereocenters. The van der Waals surface area contributed by atoms with E-state index in [9.17, 15) is 20.0 Å². The minimum Gasteiger partial charge on any atom is -0.507 e. The molecule has 0 saturated heterocycles. The van der Waals surface area contributed by atoms with Crippen LogP contribution in [-0.4, -0.2) is 20.9 Å². The van der Waals surface area contributed by atoms with Crippen molar-refractivity contribution in [1.82, 2.24) is 0 Å². The molecule has 2 aromatic rings. The summed E-state index contributed by atoms with van der Waals surface area (Å²) in [6.07, 6.45) is 0. The second kappa shape index (κ2) is 5.50. The van der Waals surface area contributed by atoms with E-state index in [4.69, 9.17) is 5.11 Å². The molecule has 0 fully saturated rings. The van der Waals surface area contributed by atoms with Crippen LogP contribution in [0.4, 0.5) is 5.69 Å². The second-order valence-corrected chi connectivity index (χ2v) is 4.10. The summed E-state index contributed by atoms with van der Waals surface area (Å²) in [5.74, 6) is -0.908.